The average Bonchev–Trinajstić information content (AvgIpc) is 2.71. The highest BCUT2D eigenvalue weighted by molar-refractivity contribution is 6.74. The van der Waals surface area contributed by atoms with Crippen LogP contribution in [0, 0.1) is 0 Å². The maximum Gasteiger partial charge on any atom is 0.338 e. The SMILES string of the molecule is CC(C)(C)[Si](C)(C)O[C@@H]1[C@@H](O[Si](C)(C)C(C)(C)C)[C@@H](O)O[C@H](CO)[C@@H]1OC(=O)c1ccccc1. The van der Waals surface area contributed by atoms with Gasteiger partial charge < -0.3 is 28.5 Å². The zero-order chi connectivity index (χ0) is 26.1. The van der Waals surface area contributed by atoms with Gasteiger partial charge in [-0.3, -0.25) is 0 Å². The highest BCUT2D eigenvalue weighted by atomic mass is 28.4. The standard InChI is InChI=1S/C25H44O7Si2/c1-24(2,3)33(7,8)31-20-19(30-22(27)17-14-12-11-13-15-17)18(16-26)29-23(28)21(20)32-34(9,10)25(4,5)6/h11-15,18-21,23,26,28H,16H2,1-10H3/t18-,19+,20+,21-,23+/m1/s1. The Balaban J connectivity index is 2.51. The van der Waals surface area contributed by atoms with E-state index in [-0.39, 0.29) is 10.1 Å². The van der Waals surface area contributed by atoms with Crippen molar-refractivity contribution in [3.8, 4) is 0 Å². The summed E-state index contributed by atoms with van der Waals surface area (Å²) in [7, 11) is -4.77. The largest absolute Gasteiger partial charge is 0.453 e. The first kappa shape index (κ1) is 29.2. The van der Waals surface area contributed by atoms with Crippen molar-refractivity contribution in [1.29, 1.82) is 0 Å². The molecule has 5 atom stereocenters. The van der Waals surface area contributed by atoms with Gasteiger partial charge in [-0.1, -0.05) is 59.7 Å². The fourth-order valence-electron chi connectivity index (χ4n) is 3.24. The van der Waals surface area contributed by atoms with Crippen molar-refractivity contribution in [2.75, 3.05) is 6.61 Å². The van der Waals surface area contributed by atoms with Gasteiger partial charge in [-0.2, -0.15) is 0 Å². The summed E-state index contributed by atoms with van der Waals surface area (Å²) in [5, 5.41) is 20.8. The number of aliphatic hydroxyl groups excluding tert-OH is 2. The van der Waals surface area contributed by atoms with Gasteiger partial charge in [-0.05, 0) is 48.4 Å². The normalized spacial score (nSPS) is 26.9. The Hall–Kier alpha value is -1.08. The first-order chi connectivity index (χ1) is 15.4. The number of hydrogen-bond donors (Lipinski definition) is 2. The maximum absolute atomic E-state index is 13.0. The molecule has 1 aromatic rings. The molecule has 1 aromatic carbocycles. The zero-order valence-corrected chi connectivity index (χ0v) is 24.4. The van der Waals surface area contributed by atoms with E-state index in [2.05, 4.69) is 67.7 Å². The van der Waals surface area contributed by atoms with Crippen molar-refractivity contribution in [2.24, 2.45) is 0 Å². The number of carbonyl (C=O) groups excluding carboxylic acids is 1. The third kappa shape index (κ3) is 6.57. The molecule has 2 rings (SSSR count). The molecule has 1 aliphatic rings. The Labute approximate surface area is 207 Å². The van der Waals surface area contributed by atoms with Gasteiger partial charge in [0, 0.05) is 0 Å². The Bertz CT molecular complexity index is 815. The minimum absolute atomic E-state index is 0.127. The number of benzene rings is 1. The zero-order valence-electron chi connectivity index (χ0n) is 22.4. The van der Waals surface area contributed by atoms with Gasteiger partial charge in [0.1, 0.15) is 18.3 Å². The summed E-state index contributed by atoms with van der Waals surface area (Å²) in [6, 6.07) is 8.67. The van der Waals surface area contributed by atoms with E-state index in [0.717, 1.165) is 0 Å². The molecule has 1 heterocycles. The summed E-state index contributed by atoms with van der Waals surface area (Å²) >= 11 is 0. The number of rotatable bonds is 7. The van der Waals surface area contributed by atoms with Crippen LogP contribution in [0.2, 0.25) is 36.3 Å². The number of esters is 1. The molecule has 0 radical (unpaired) electrons. The molecule has 9 heteroatoms. The van der Waals surface area contributed by atoms with Crippen LogP contribution in [-0.4, -0.2) is 70.1 Å². The molecule has 1 aliphatic heterocycles. The molecule has 2 N–H and O–H groups in total. The van der Waals surface area contributed by atoms with Gasteiger partial charge in [0.05, 0.1) is 12.2 Å². The highest BCUT2D eigenvalue weighted by Crippen LogP contribution is 2.43. The third-order valence-electron chi connectivity index (χ3n) is 7.52. The van der Waals surface area contributed by atoms with Gasteiger partial charge in [0.25, 0.3) is 0 Å². The summed E-state index contributed by atoms with van der Waals surface area (Å²) < 4.78 is 25.1. The van der Waals surface area contributed by atoms with Crippen LogP contribution < -0.4 is 0 Å². The summed E-state index contributed by atoms with van der Waals surface area (Å²) in [5.41, 5.74) is 0.387. The lowest BCUT2D eigenvalue weighted by Crippen LogP contribution is -2.66. The van der Waals surface area contributed by atoms with E-state index in [0.29, 0.717) is 5.56 Å². The van der Waals surface area contributed by atoms with Crippen LogP contribution in [0.1, 0.15) is 51.9 Å². The molecule has 194 valence electrons. The molecule has 0 unspecified atom stereocenters. The van der Waals surface area contributed by atoms with Crippen LogP contribution >= 0.6 is 0 Å². The van der Waals surface area contributed by atoms with E-state index < -0.39 is 59.9 Å². The monoisotopic (exact) mass is 512 g/mol. The van der Waals surface area contributed by atoms with Crippen molar-refractivity contribution in [2.45, 2.75) is 109 Å². The lowest BCUT2D eigenvalue weighted by atomic mass is 9.99. The van der Waals surface area contributed by atoms with Crippen LogP contribution in [0.3, 0.4) is 0 Å². The van der Waals surface area contributed by atoms with Crippen LogP contribution in [0.15, 0.2) is 30.3 Å². The second kappa shape index (κ2) is 10.5. The summed E-state index contributed by atoms with van der Waals surface area (Å²) in [4.78, 5) is 13.0. The Morgan fingerprint density at radius 3 is 1.79 bits per heavy atom. The minimum atomic E-state index is -2.40. The lowest BCUT2D eigenvalue weighted by Gasteiger charge is -2.51. The molecular weight excluding hydrogens is 468 g/mol. The van der Waals surface area contributed by atoms with Crippen molar-refractivity contribution in [1.82, 2.24) is 0 Å². The third-order valence-corrected chi connectivity index (χ3v) is 16.5. The fourth-order valence-corrected chi connectivity index (χ4v) is 5.83. The minimum Gasteiger partial charge on any atom is -0.453 e. The van der Waals surface area contributed by atoms with E-state index in [1.54, 1.807) is 24.3 Å². The first-order valence-electron chi connectivity index (χ1n) is 12.0. The van der Waals surface area contributed by atoms with Gasteiger partial charge >= 0.3 is 5.97 Å². The van der Waals surface area contributed by atoms with Crippen LogP contribution in [0.25, 0.3) is 0 Å². The highest BCUT2D eigenvalue weighted by Gasteiger charge is 2.54. The van der Waals surface area contributed by atoms with Crippen molar-refractivity contribution >= 4 is 22.6 Å². The predicted molar refractivity (Wildman–Crippen MR) is 138 cm³/mol. The van der Waals surface area contributed by atoms with Gasteiger partial charge in [0.15, 0.2) is 29.0 Å². The van der Waals surface area contributed by atoms with E-state index in [1.165, 1.54) is 0 Å². The second-order valence-corrected chi connectivity index (χ2v) is 21.7. The molecular formula is C25H44O7Si2. The Morgan fingerprint density at radius 1 is 0.882 bits per heavy atom. The smallest absolute Gasteiger partial charge is 0.338 e. The molecule has 1 saturated heterocycles. The Kier molecular flexibility index (Phi) is 9.00. The predicted octanol–water partition coefficient (Wildman–Crippen LogP) is 4.70. The topological polar surface area (TPSA) is 94.5 Å². The molecule has 7 nitrogen and oxygen atoms in total. The number of ether oxygens (including phenoxy) is 2. The summed E-state index contributed by atoms with van der Waals surface area (Å²) in [6.45, 7) is 20.6. The molecule has 34 heavy (non-hydrogen) atoms. The van der Waals surface area contributed by atoms with Crippen molar-refractivity contribution in [3.63, 3.8) is 0 Å². The quantitative estimate of drug-likeness (QED) is 0.404. The molecule has 0 saturated carbocycles. The molecule has 0 aromatic heterocycles. The number of carbonyl (C=O) groups is 1. The van der Waals surface area contributed by atoms with Gasteiger partial charge in [-0.25, -0.2) is 4.79 Å². The van der Waals surface area contributed by atoms with E-state index in [9.17, 15) is 15.0 Å². The van der Waals surface area contributed by atoms with Crippen LogP contribution in [0.5, 0.6) is 0 Å². The molecule has 0 spiro atoms. The van der Waals surface area contributed by atoms with Gasteiger partial charge in [-0.15, -0.1) is 0 Å². The summed E-state index contributed by atoms with van der Waals surface area (Å²) in [6.07, 6.45) is -4.90. The van der Waals surface area contributed by atoms with Crippen LogP contribution in [0.4, 0.5) is 0 Å². The molecule has 0 aliphatic carbocycles. The number of aliphatic hydroxyl groups is 2. The Morgan fingerprint density at radius 2 is 1.35 bits per heavy atom. The molecule has 1 fully saturated rings. The van der Waals surface area contributed by atoms with E-state index in [1.807, 2.05) is 6.07 Å². The first-order valence-corrected chi connectivity index (χ1v) is 17.8. The maximum atomic E-state index is 13.0. The van der Waals surface area contributed by atoms with Crippen LogP contribution in [-0.2, 0) is 18.3 Å². The van der Waals surface area contributed by atoms with E-state index in [4.69, 9.17) is 18.3 Å². The van der Waals surface area contributed by atoms with E-state index >= 15 is 0 Å². The second-order valence-electron chi connectivity index (χ2n) is 12.2. The molecule has 0 amide bonds. The van der Waals surface area contributed by atoms with Gasteiger partial charge in [0.2, 0.25) is 0 Å². The average molecular weight is 513 g/mol. The van der Waals surface area contributed by atoms with Crippen molar-refractivity contribution < 1.29 is 33.3 Å². The fraction of sp³-hybridized carbons (Fsp3) is 0.720. The summed E-state index contributed by atoms with van der Waals surface area (Å²) in [5.74, 6) is -0.543. The molecule has 0 bridgehead atoms. The lowest BCUT2D eigenvalue weighted by molar-refractivity contribution is -0.279. The van der Waals surface area contributed by atoms with Crippen molar-refractivity contribution in [3.05, 3.63) is 35.9 Å². The number of hydrogen-bond acceptors (Lipinski definition) is 7.